The summed E-state index contributed by atoms with van der Waals surface area (Å²) in [6.07, 6.45) is 0. The van der Waals surface area contributed by atoms with E-state index in [0.717, 1.165) is 15.8 Å². The van der Waals surface area contributed by atoms with Gasteiger partial charge in [0.2, 0.25) is 0 Å². The van der Waals surface area contributed by atoms with Gasteiger partial charge in [0.1, 0.15) is 0 Å². The van der Waals surface area contributed by atoms with Crippen molar-refractivity contribution in [2.75, 3.05) is 0 Å². The molecule has 0 atom stereocenters. The van der Waals surface area contributed by atoms with Gasteiger partial charge < -0.3 is 0 Å². The van der Waals surface area contributed by atoms with Crippen LogP contribution in [0.3, 0.4) is 0 Å². The van der Waals surface area contributed by atoms with Crippen molar-refractivity contribution in [3.05, 3.63) is 54.1 Å². The van der Waals surface area contributed by atoms with Crippen LogP contribution in [-0.4, -0.2) is 24.9 Å². The Morgan fingerprint density at radius 2 is 1.88 bits per heavy atom. The van der Waals surface area contributed by atoms with Gasteiger partial charge in [-0.05, 0) is 0 Å². The molecule has 3 aromatic rings. The topological polar surface area (TPSA) is 28.7 Å². The third kappa shape index (κ3) is 2.26. The normalized spacial score (nSPS) is 10.9. The molecule has 0 radical (unpaired) electrons. The quantitative estimate of drug-likeness (QED) is 0.711. The number of fused-ring (bicyclic) bond motifs is 1. The van der Waals surface area contributed by atoms with Gasteiger partial charge in [-0.15, -0.1) is 0 Å². The summed E-state index contributed by atoms with van der Waals surface area (Å²) in [5, 5.41) is 0. The average Bonchev–Trinajstić information content (AvgIpc) is 2.71. The number of hydrogen-bond donors (Lipinski definition) is 1. The van der Waals surface area contributed by atoms with Crippen LogP contribution in [0.25, 0.3) is 11.0 Å². The molecule has 0 bridgehead atoms. The fraction of sp³-hybridized carbons (Fsp3) is 0.0714. The molecular formula is C14H12N2Se. The Morgan fingerprint density at radius 1 is 1.06 bits per heavy atom. The van der Waals surface area contributed by atoms with E-state index in [1.165, 1.54) is 10.0 Å². The molecule has 0 aliphatic rings. The molecule has 2 nitrogen and oxygen atoms in total. The summed E-state index contributed by atoms with van der Waals surface area (Å²) >= 11 is 0.258. The van der Waals surface area contributed by atoms with Crippen molar-refractivity contribution < 1.29 is 0 Å². The SMILES string of the molecule is Cc1ccc2nc([Se]c3ccccc3)[nH]c2c1. The van der Waals surface area contributed by atoms with E-state index in [-0.39, 0.29) is 15.0 Å². The summed E-state index contributed by atoms with van der Waals surface area (Å²) in [4.78, 5) is 8.02. The molecular weight excluding hydrogens is 275 g/mol. The van der Waals surface area contributed by atoms with Crippen LogP contribution in [0, 0.1) is 6.92 Å². The Morgan fingerprint density at radius 3 is 2.71 bits per heavy atom. The minimum atomic E-state index is 0.258. The first-order valence-corrected chi connectivity index (χ1v) is 7.22. The first kappa shape index (κ1) is 10.6. The number of aromatic nitrogens is 2. The second kappa shape index (κ2) is 4.36. The van der Waals surface area contributed by atoms with Gasteiger partial charge in [0.15, 0.2) is 0 Å². The molecule has 3 rings (SSSR count). The molecule has 0 aliphatic heterocycles. The molecule has 0 unspecified atom stereocenters. The number of nitrogens with zero attached hydrogens (tertiary/aromatic N) is 1. The summed E-state index contributed by atoms with van der Waals surface area (Å²) < 4.78 is 2.43. The molecule has 0 aliphatic carbocycles. The molecule has 1 heterocycles. The number of nitrogens with one attached hydrogen (secondary N) is 1. The van der Waals surface area contributed by atoms with Crippen LogP contribution >= 0.6 is 0 Å². The second-order valence-electron chi connectivity index (χ2n) is 3.98. The van der Waals surface area contributed by atoms with Crippen LogP contribution < -0.4 is 9.18 Å². The first-order chi connectivity index (χ1) is 8.31. The van der Waals surface area contributed by atoms with E-state index in [1.807, 2.05) is 6.07 Å². The van der Waals surface area contributed by atoms with Gasteiger partial charge in [-0.2, -0.15) is 0 Å². The van der Waals surface area contributed by atoms with E-state index in [0.29, 0.717) is 0 Å². The molecule has 0 fully saturated rings. The van der Waals surface area contributed by atoms with E-state index in [4.69, 9.17) is 0 Å². The Hall–Kier alpha value is -1.57. The van der Waals surface area contributed by atoms with Crippen molar-refractivity contribution in [3.63, 3.8) is 0 Å². The molecule has 1 aromatic heterocycles. The van der Waals surface area contributed by atoms with Crippen LogP contribution in [0.5, 0.6) is 0 Å². The Balaban J connectivity index is 1.96. The fourth-order valence-electron chi connectivity index (χ4n) is 1.75. The molecule has 84 valence electrons. The van der Waals surface area contributed by atoms with Gasteiger partial charge in [0.25, 0.3) is 0 Å². The molecule has 0 saturated heterocycles. The molecule has 0 amide bonds. The standard InChI is InChI=1S/C14H12N2Se/c1-10-7-8-12-13(9-10)16-14(15-12)17-11-5-3-2-4-6-11/h2-9H,1H3,(H,15,16). The number of aryl methyl sites for hydroxylation is 1. The van der Waals surface area contributed by atoms with Crippen molar-refractivity contribution in [1.29, 1.82) is 0 Å². The predicted octanol–water partition coefficient (Wildman–Crippen LogP) is 1.53. The summed E-state index contributed by atoms with van der Waals surface area (Å²) in [6.45, 7) is 2.10. The van der Waals surface area contributed by atoms with Gasteiger partial charge >= 0.3 is 106 Å². The monoisotopic (exact) mass is 288 g/mol. The van der Waals surface area contributed by atoms with Crippen molar-refractivity contribution in [2.24, 2.45) is 0 Å². The Labute approximate surface area is 106 Å². The number of benzene rings is 2. The number of hydrogen-bond acceptors (Lipinski definition) is 1. The third-order valence-corrected chi connectivity index (χ3v) is 4.45. The van der Waals surface area contributed by atoms with Crippen LogP contribution in [0.4, 0.5) is 0 Å². The summed E-state index contributed by atoms with van der Waals surface area (Å²) in [5.74, 6) is 0. The fourth-order valence-corrected chi connectivity index (χ4v) is 3.47. The zero-order valence-electron chi connectivity index (χ0n) is 9.47. The third-order valence-electron chi connectivity index (χ3n) is 2.57. The minimum absolute atomic E-state index is 0.258. The molecule has 0 spiro atoms. The van der Waals surface area contributed by atoms with Crippen LogP contribution in [0.15, 0.2) is 48.5 Å². The first-order valence-electron chi connectivity index (χ1n) is 5.50. The maximum atomic E-state index is 4.62. The van der Waals surface area contributed by atoms with Gasteiger partial charge in [0.05, 0.1) is 0 Å². The predicted molar refractivity (Wildman–Crippen MR) is 72.3 cm³/mol. The summed E-state index contributed by atoms with van der Waals surface area (Å²) in [6, 6.07) is 16.8. The molecule has 3 heteroatoms. The second-order valence-corrected chi connectivity index (χ2v) is 6.21. The molecule has 17 heavy (non-hydrogen) atoms. The Kier molecular flexibility index (Phi) is 2.71. The van der Waals surface area contributed by atoms with Crippen molar-refractivity contribution in [3.8, 4) is 0 Å². The number of H-pyrrole nitrogens is 1. The van der Waals surface area contributed by atoms with Crippen LogP contribution in [0.2, 0.25) is 0 Å². The number of rotatable bonds is 2. The van der Waals surface area contributed by atoms with E-state index >= 15 is 0 Å². The van der Waals surface area contributed by atoms with E-state index in [1.54, 1.807) is 0 Å². The number of aromatic amines is 1. The van der Waals surface area contributed by atoms with Crippen molar-refractivity contribution >= 4 is 35.2 Å². The Bertz CT molecular complexity index is 644. The zero-order valence-corrected chi connectivity index (χ0v) is 11.2. The maximum absolute atomic E-state index is 4.62. The van der Waals surface area contributed by atoms with Crippen LogP contribution in [0.1, 0.15) is 5.56 Å². The number of imidazole rings is 1. The summed E-state index contributed by atoms with van der Waals surface area (Å²) in [5.41, 5.74) is 3.46. The molecule has 0 saturated carbocycles. The van der Waals surface area contributed by atoms with Crippen LogP contribution in [-0.2, 0) is 0 Å². The van der Waals surface area contributed by atoms with Gasteiger partial charge in [0, 0.05) is 0 Å². The van der Waals surface area contributed by atoms with Gasteiger partial charge in [-0.25, -0.2) is 0 Å². The van der Waals surface area contributed by atoms with E-state index < -0.39 is 0 Å². The molecule has 1 N–H and O–H groups in total. The zero-order chi connectivity index (χ0) is 11.7. The summed E-state index contributed by atoms with van der Waals surface area (Å²) in [7, 11) is 0. The molecule has 2 aromatic carbocycles. The van der Waals surface area contributed by atoms with E-state index in [9.17, 15) is 0 Å². The van der Waals surface area contributed by atoms with Crippen molar-refractivity contribution in [1.82, 2.24) is 9.97 Å². The average molecular weight is 287 g/mol. The van der Waals surface area contributed by atoms with E-state index in [2.05, 4.69) is 59.4 Å². The van der Waals surface area contributed by atoms with Gasteiger partial charge in [-0.3, -0.25) is 0 Å². The van der Waals surface area contributed by atoms with Crippen molar-refractivity contribution in [2.45, 2.75) is 6.92 Å². The van der Waals surface area contributed by atoms with Gasteiger partial charge in [-0.1, -0.05) is 0 Å².